The van der Waals surface area contributed by atoms with Crippen LogP contribution in [-0.4, -0.2) is 12.6 Å². The molecular weight excluding hydrogens is 122 g/mol. The van der Waals surface area contributed by atoms with Gasteiger partial charge in [-0.05, 0) is 38.1 Å². The number of rotatable bonds is 5. The standard InChI is InChI=1S/C9H19N/c1-3-7-10-9(4-2)8-5-6-8/h8-10H,3-7H2,1-2H3. The smallest absolute Gasteiger partial charge is 0.00927 e. The van der Waals surface area contributed by atoms with Crippen LogP contribution in [0.2, 0.25) is 0 Å². The molecule has 0 heterocycles. The summed E-state index contributed by atoms with van der Waals surface area (Å²) in [5, 5.41) is 3.58. The van der Waals surface area contributed by atoms with E-state index in [9.17, 15) is 0 Å². The number of hydrogen-bond donors (Lipinski definition) is 1. The van der Waals surface area contributed by atoms with Crippen molar-refractivity contribution < 1.29 is 0 Å². The summed E-state index contributed by atoms with van der Waals surface area (Å²) in [7, 11) is 0. The maximum Gasteiger partial charge on any atom is 0.00927 e. The van der Waals surface area contributed by atoms with E-state index in [0.717, 1.165) is 12.0 Å². The Morgan fingerprint density at radius 3 is 2.50 bits per heavy atom. The fourth-order valence-electron chi connectivity index (χ4n) is 1.47. The van der Waals surface area contributed by atoms with Crippen molar-refractivity contribution in [1.29, 1.82) is 0 Å². The van der Waals surface area contributed by atoms with Gasteiger partial charge in [0.1, 0.15) is 0 Å². The highest BCUT2D eigenvalue weighted by molar-refractivity contribution is 4.85. The predicted molar refractivity (Wildman–Crippen MR) is 45.1 cm³/mol. The van der Waals surface area contributed by atoms with E-state index in [2.05, 4.69) is 19.2 Å². The maximum absolute atomic E-state index is 3.58. The molecule has 0 radical (unpaired) electrons. The maximum atomic E-state index is 3.58. The molecule has 1 nitrogen and oxygen atoms in total. The second-order valence-corrected chi connectivity index (χ2v) is 3.31. The Bertz CT molecular complexity index is 86.7. The van der Waals surface area contributed by atoms with Crippen LogP contribution in [0.15, 0.2) is 0 Å². The van der Waals surface area contributed by atoms with E-state index < -0.39 is 0 Å². The molecule has 0 aromatic heterocycles. The van der Waals surface area contributed by atoms with Crippen molar-refractivity contribution in [2.45, 2.75) is 45.6 Å². The minimum Gasteiger partial charge on any atom is -0.314 e. The van der Waals surface area contributed by atoms with E-state index >= 15 is 0 Å². The van der Waals surface area contributed by atoms with Crippen LogP contribution in [0, 0.1) is 5.92 Å². The summed E-state index contributed by atoms with van der Waals surface area (Å²) in [6, 6.07) is 0.833. The van der Waals surface area contributed by atoms with E-state index in [1.807, 2.05) is 0 Å². The van der Waals surface area contributed by atoms with Gasteiger partial charge in [-0.1, -0.05) is 13.8 Å². The topological polar surface area (TPSA) is 12.0 Å². The van der Waals surface area contributed by atoms with Crippen molar-refractivity contribution in [3.8, 4) is 0 Å². The minimum absolute atomic E-state index is 0.833. The number of hydrogen-bond acceptors (Lipinski definition) is 1. The van der Waals surface area contributed by atoms with Crippen molar-refractivity contribution >= 4 is 0 Å². The lowest BCUT2D eigenvalue weighted by molar-refractivity contribution is 0.451. The van der Waals surface area contributed by atoms with Gasteiger partial charge < -0.3 is 5.32 Å². The van der Waals surface area contributed by atoms with E-state index in [4.69, 9.17) is 0 Å². The highest BCUT2D eigenvalue weighted by atomic mass is 14.9. The van der Waals surface area contributed by atoms with Crippen LogP contribution < -0.4 is 5.32 Å². The average molecular weight is 141 g/mol. The first-order valence-electron chi connectivity index (χ1n) is 4.61. The molecule has 0 bridgehead atoms. The monoisotopic (exact) mass is 141 g/mol. The van der Waals surface area contributed by atoms with Crippen LogP contribution in [0.3, 0.4) is 0 Å². The van der Waals surface area contributed by atoms with Gasteiger partial charge in [-0.3, -0.25) is 0 Å². The molecular formula is C9H19N. The quantitative estimate of drug-likeness (QED) is 0.618. The Balaban J connectivity index is 2.07. The molecule has 0 amide bonds. The fourth-order valence-corrected chi connectivity index (χ4v) is 1.47. The van der Waals surface area contributed by atoms with Crippen LogP contribution in [-0.2, 0) is 0 Å². The van der Waals surface area contributed by atoms with E-state index in [1.54, 1.807) is 0 Å². The first-order chi connectivity index (χ1) is 4.88. The average Bonchev–Trinajstić information content (AvgIpc) is 2.73. The zero-order valence-electron chi connectivity index (χ0n) is 7.19. The van der Waals surface area contributed by atoms with E-state index in [-0.39, 0.29) is 0 Å². The molecule has 1 rings (SSSR count). The normalized spacial score (nSPS) is 21.0. The summed E-state index contributed by atoms with van der Waals surface area (Å²) < 4.78 is 0. The largest absolute Gasteiger partial charge is 0.314 e. The minimum atomic E-state index is 0.833. The summed E-state index contributed by atoms with van der Waals surface area (Å²) in [5.41, 5.74) is 0. The highest BCUT2D eigenvalue weighted by Gasteiger charge is 2.28. The molecule has 1 unspecified atom stereocenters. The first kappa shape index (κ1) is 8.06. The van der Waals surface area contributed by atoms with Crippen LogP contribution in [0.4, 0.5) is 0 Å². The van der Waals surface area contributed by atoms with Crippen molar-refractivity contribution in [3.05, 3.63) is 0 Å². The van der Waals surface area contributed by atoms with Crippen LogP contribution in [0.1, 0.15) is 39.5 Å². The lowest BCUT2D eigenvalue weighted by atomic mass is 10.1. The molecule has 0 spiro atoms. The van der Waals surface area contributed by atoms with Gasteiger partial charge in [-0.2, -0.15) is 0 Å². The molecule has 1 aliphatic carbocycles. The molecule has 1 aliphatic rings. The zero-order valence-corrected chi connectivity index (χ0v) is 7.19. The highest BCUT2D eigenvalue weighted by Crippen LogP contribution is 2.33. The third-order valence-electron chi connectivity index (χ3n) is 2.29. The predicted octanol–water partition coefficient (Wildman–Crippen LogP) is 2.17. The zero-order chi connectivity index (χ0) is 7.40. The van der Waals surface area contributed by atoms with Gasteiger partial charge in [0.05, 0.1) is 0 Å². The van der Waals surface area contributed by atoms with Crippen LogP contribution in [0.25, 0.3) is 0 Å². The Labute approximate surface area is 64.2 Å². The van der Waals surface area contributed by atoms with Gasteiger partial charge in [-0.25, -0.2) is 0 Å². The summed E-state index contributed by atoms with van der Waals surface area (Å²) in [5.74, 6) is 1.02. The molecule has 10 heavy (non-hydrogen) atoms. The number of nitrogens with one attached hydrogen (secondary N) is 1. The van der Waals surface area contributed by atoms with Crippen molar-refractivity contribution in [2.75, 3.05) is 6.54 Å². The van der Waals surface area contributed by atoms with E-state index in [1.165, 1.54) is 32.2 Å². The molecule has 0 aliphatic heterocycles. The van der Waals surface area contributed by atoms with Gasteiger partial charge >= 0.3 is 0 Å². The Morgan fingerprint density at radius 1 is 1.40 bits per heavy atom. The molecule has 0 aromatic rings. The van der Waals surface area contributed by atoms with Gasteiger partial charge in [0.2, 0.25) is 0 Å². The lowest BCUT2D eigenvalue weighted by Gasteiger charge is -2.14. The van der Waals surface area contributed by atoms with Crippen LogP contribution in [0.5, 0.6) is 0 Å². The summed E-state index contributed by atoms with van der Waals surface area (Å²) >= 11 is 0. The fraction of sp³-hybridized carbons (Fsp3) is 1.00. The third kappa shape index (κ3) is 2.30. The van der Waals surface area contributed by atoms with Crippen LogP contribution >= 0.6 is 0 Å². The third-order valence-corrected chi connectivity index (χ3v) is 2.29. The SMILES string of the molecule is CCCNC(CC)C1CC1. The van der Waals surface area contributed by atoms with Crippen molar-refractivity contribution in [3.63, 3.8) is 0 Å². The van der Waals surface area contributed by atoms with Crippen molar-refractivity contribution in [2.24, 2.45) is 5.92 Å². The molecule has 0 saturated heterocycles. The molecule has 1 atom stereocenters. The molecule has 0 aromatic carbocycles. The second-order valence-electron chi connectivity index (χ2n) is 3.31. The van der Waals surface area contributed by atoms with Gasteiger partial charge in [-0.15, -0.1) is 0 Å². The molecule has 60 valence electrons. The van der Waals surface area contributed by atoms with Gasteiger partial charge in [0, 0.05) is 6.04 Å². The molecule has 1 saturated carbocycles. The second kappa shape index (κ2) is 3.97. The first-order valence-corrected chi connectivity index (χ1v) is 4.61. The molecule has 1 heteroatoms. The Hall–Kier alpha value is -0.0400. The summed E-state index contributed by atoms with van der Waals surface area (Å²) in [6.45, 7) is 5.72. The molecule has 1 fully saturated rings. The van der Waals surface area contributed by atoms with Gasteiger partial charge in [0.15, 0.2) is 0 Å². The lowest BCUT2D eigenvalue weighted by Crippen LogP contribution is -2.30. The Kier molecular flexibility index (Phi) is 3.20. The Morgan fingerprint density at radius 2 is 2.10 bits per heavy atom. The summed E-state index contributed by atoms with van der Waals surface area (Å²) in [6.07, 6.45) is 5.51. The van der Waals surface area contributed by atoms with Gasteiger partial charge in [0.25, 0.3) is 0 Å². The molecule has 1 N–H and O–H groups in total. The summed E-state index contributed by atoms with van der Waals surface area (Å²) in [4.78, 5) is 0. The van der Waals surface area contributed by atoms with Crippen molar-refractivity contribution in [1.82, 2.24) is 5.32 Å². The van der Waals surface area contributed by atoms with E-state index in [0.29, 0.717) is 0 Å².